The molecule has 198 valence electrons. The summed E-state index contributed by atoms with van der Waals surface area (Å²) in [6.07, 6.45) is 0. The van der Waals surface area contributed by atoms with Gasteiger partial charge < -0.3 is 5.32 Å². The molecule has 0 spiro atoms. The van der Waals surface area contributed by atoms with Gasteiger partial charge in [0.05, 0.1) is 16.3 Å². The van der Waals surface area contributed by atoms with Crippen LogP contribution in [0.3, 0.4) is 0 Å². The number of amides is 1. The van der Waals surface area contributed by atoms with Crippen LogP contribution in [0.1, 0.15) is 16.0 Å². The fraction of sp³-hybridized carbons (Fsp3) is 0.133. The average molecular weight is 576 g/mol. The van der Waals surface area contributed by atoms with E-state index in [2.05, 4.69) is 10.3 Å². The highest BCUT2D eigenvalue weighted by Gasteiger charge is 2.30. The lowest BCUT2D eigenvalue weighted by Crippen LogP contribution is -2.38. The van der Waals surface area contributed by atoms with E-state index in [1.54, 1.807) is 48.5 Å². The number of rotatable bonds is 7. The molecule has 5 rings (SSSR count). The van der Waals surface area contributed by atoms with Crippen LogP contribution in [0, 0.1) is 20.8 Å². The molecule has 9 heteroatoms. The van der Waals surface area contributed by atoms with Crippen molar-refractivity contribution < 1.29 is 13.2 Å². The van der Waals surface area contributed by atoms with Crippen molar-refractivity contribution >= 4 is 60.5 Å². The molecule has 1 N–H and O–H groups in total. The molecule has 1 aromatic heterocycles. The molecule has 5 aromatic rings. The minimum absolute atomic E-state index is 0.143. The Morgan fingerprint density at radius 2 is 1.62 bits per heavy atom. The summed E-state index contributed by atoms with van der Waals surface area (Å²) >= 11 is 7.35. The summed E-state index contributed by atoms with van der Waals surface area (Å²) in [5, 5.41) is 5.23. The van der Waals surface area contributed by atoms with Crippen molar-refractivity contribution in [3.63, 3.8) is 0 Å². The Morgan fingerprint density at radius 3 is 2.38 bits per heavy atom. The van der Waals surface area contributed by atoms with E-state index >= 15 is 0 Å². The summed E-state index contributed by atoms with van der Waals surface area (Å²) in [7, 11) is -4.11. The van der Waals surface area contributed by atoms with Crippen molar-refractivity contribution in [1.82, 2.24) is 4.98 Å². The molecular weight excluding hydrogens is 550 g/mol. The fourth-order valence-electron chi connectivity index (χ4n) is 4.46. The van der Waals surface area contributed by atoms with Gasteiger partial charge in [-0.3, -0.25) is 9.10 Å². The third-order valence-corrected chi connectivity index (χ3v) is 9.57. The molecule has 1 amide bonds. The Bertz CT molecular complexity index is 1790. The van der Waals surface area contributed by atoms with Gasteiger partial charge in [-0.05, 0) is 61.5 Å². The number of sulfonamides is 1. The van der Waals surface area contributed by atoms with Crippen LogP contribution in [-0.2, 0) is 14.8 Å². The first kappa shape index (κ1) is 26.9. The van der Waals surface area contributed by atoms with E-state index in [0.717, 1.165) is 32.6 Å². The standard InChI is InChI=1S/C30H26ClN3O3S2/c1-19-8-6-12-26(20(19)2)34(39(36,37)27-13-7-10-22-9-4-5-11-25(22)27)18-28(35)32-30-33-29(21(3)38-30)23-14-16-24(31)17-15-23/h4-17H,18H2,1-3H3,(H,32,33,35). The topological polar surface area (TPSA) is 79.4 Å². The molecule has 0 radical (unpaired) electrons. The van der Waals surface area contributed by atoms with Gasteiger partial charge in [-0.25, -0.2) is 13.4 Å². The molecular formula is C30H26ClN3O3S2. The van der Waals surface area contributed by atoms with Gasteiger partial charge in [0.25, 0.3) is 10.0 Å². The third kappa shape index (κ3) is 5.41. The van der Waals surface area contributed by atoms with Crippen LogP contribution in [0.2, 0.25) is 5.02 Å². The number of carbonyl (C=O) groups is 1. The fourth-order valence-corrected chi connectivity index (χ4v) is 7.13. The predicted molar refractivity (Wildman–Crippen MR) is 160 cm³/mol. The molecule has 0 aliphatic carbocycles. The van der Waals surface area contributed by atoms with E-state index < -0.39 is 22.5 Å². The summed E-state index contributed by atoms with van der Waals surface area (Å²) in [6.45, 7) is 5.28. The van der Waals surface area contributed by atoms with E-state index in [-0.39, 0.29) is 4.90 Å². The van der Waals surface area contributed by atoms with Crippen LogP contribution < -0.4 is 9.62 Å². The highest BCUT2D eigenvalue weighted by Crippen LogP contribution is 2.33. The van der Waals surface area contributed by atoms with E-state index in [1.807, 2.05) is 57.2 Å². The summed E-state index contributed by atoms with van der Waals surface area (Å²) in [5.41, 5.74) is 3.78. The average Bonchev–Trinajstić information content (AvgIpc) is 3.28. The third-order valence-electron chi connectivity index (χ3n) is 6.61. The van der Waals surface area contributed by atoms with E-state index in [0.29, 0.717) is 21.2 Å². The molecule has 4 aromatic carbocycles. The zero-order valence-corrected chi connectivity index (χ0v) is 24.0. The second-order valence-corrected chi connectivity index (χ2v) is 12.7. The van der Waals surface area contributed by atoms with Crippen molar-refractivity contribution in [2.45, 2.75) is 25.7 Å². The van der Waals surface area contributed by atoms with Crippen molar-refractivity contribution in [2.24, 2.45) is 0 Å². The van der Waals surface area contributed by atoms with Crippen LogP contribution in [0.15, 0.2) is 89.8 Å². The molecule has 0 saturated heterocycles. The Morgan fingerprint density at radius 1 is 0.923 bits per heavy atom. The van der Waals surface area contributed by atoms with Gasteiger partial charge in [0, 0.05) is 20.8 Å². The zero-order chi connectivity index (χ0) is 27.7. The summed E-state index contributed by atoms with van der Waals surface area (Å²) in [4.78, 5) is 19.0. The molecule has 0 bridgehead atoms. The second-order valence-electron chi connectivity index (χ2n) is 9.19. The maximum absolute atomic E-state index is 14.2. The van der Waals surface area contributed by atoms with Gasteiger partial charge in [0.15, 0.2) is 5.13 Å². The molecule has 0 aliphatic rings. The zero-order valence-electron chi connectivity index (χ0n) is 21.6. The van der Waals surface area contributed by atoms with Gasteiger partial charge in [0.1, 0.15) is 6.54 Å². The van der Waals surface area contributed by atoms with Gasteiger partial charge in [-0.1, -0.05) is 72.3 Å². The lowest BCUT2D eigenvalue weighted by Gasteiger charge is -2.26. The van der Waals surface area contributed by atoms with Crippen molar-refractivity contribution in [1.29, 1.82) is 0 Å². The molecule has 6 nitrogen and oxygen atoms in total. The second kappa shape index (κ2) is 10.8. The van der Waals surface area contributed by atoms with E-state index in [4.69, 9.17) is 11.6 Å². The van der Waals surface area contributed by atoms with Crippen LogP contribution >= 0.6 is 22.9 Å². The maximum Gasteiger partial charge on any atom is 0.265 e. The minimum Gasteiger partial charge on any atom is -0.300 e. The monoisotopic (exact) mass is 575 g/mol. The largest absolute Gasteiger partial charge is 0.300 e. The smallest absolute Gasteiger partial charge is 0.265 e. The molecule has 39 heavy (non-hydrogen) atoms. The normalized spacial score (nSPS) is 11.5. The summed E-state index contributed by atoms with van der Waals surface area (Å²) in [6, 6.07) is 25.2. The van der Waals surface area contributed by atoms with Gasteiger partial charge in [0.2, 0.25) is 5.91 Å². The van der Waals surface area contributed by atoms with Gasteiger partial charge in [-0.15, -0.1) is 11.3 Å². The lowest BCUT2D eigenvalue weighted by atomic mass is 10.1. The number of hydrogen-bond acceptors (Lipinski definition) is 5. The Hall–Kier alpha value is -3.72. The first-order valence-electron chi connectivity index (χ1n) is 12.2. The predicted octanol–water partition coefficient (Wildman–Crippen LogP) is 7.38. The van der Waals surface area contributed by atoms with Crippen molar-refractivity contribution in [2.75, 3.05) is 16.2 Å². The SMILES string of the molecule is Cc1cccc(N(CC(=O)Nc2nc(-c3ccc(Cl)cc3)c(C)s2)S(=O)(=O)c2cccc3ccccc23)c1C. The maximum atomic E-state index is 14.2. The number of nitrogens with zero attached hydrogens (tertiary/aromatic N) is 2. The quantitative estimate of drug-likeness (QED) is 0.220. The molecule has 0 unspecified atom stereocenters. The highest BCUT2D eigenvalue weighted by atomic mass is 35.5. The lowest BCUT2D eigenvalue weighted by molar-refractivity contribution is -0.114. The van der Waals surface area contributed by atoms with Gasteiger partial charge >= 0.3 is 0 Å². The number of carbonyl (C=O) groups excluding carboxylic acids is 1. The minimum atomic E-state index is -4.11. The van der Waals surface area contributed by atoms with E-state index in [1.165, 1.54) is 15.6 Å². The molecule has 0 atom stereocenters. The number of halogens is 1. The molecule has 1 heterocycles. The molecule has 0 fully saturated rings. The summed E-state index contributed by atoms with van der Waals surface area (Å²) in [5.74, 6) is -0.490. The first-order chi connectivity index (χ1) is 18.6. The Balaban J connectivity index is 1.51. The Labute approximate surface area is 237 Å². The first-order valence-corrected chi connectivity index (χ1v) is 14.9. The molecule has 0 aliphatic heterocycles. The van der Waals surface area contributed by atoms with Crippen LogP contribution in [0.4, 0.5) is 10.8 Å². The number of benzene rings is 4. The van der Waals surface area contributed by atoms with Crippen LogP contribution in [-0.4, -0.2) is 25.9 Å². The van der Waals surface area contributed by atoms with E-state index in [9.17, 15) is 13.2 Å². The van der Waals surface area contributed by atoms with Crippen molar-refractivity contribution in [3.8, 4) is 11.3 Å². The Kier molecular flexibility index (Phi) is 7.44. The number of anilines is 2. The highest BCUT2D eigenvalue weighted by molar-refractivity contribution is 7.93. The number of aromatic nitrogens is 1. The van der Waals surface area contributed by atoms with Gasteiger partial charge in [-0.2, -0.15) is 0 Å². The van der Waals surface area contributed by atoms with Crippen LogP contribution in [0.25, 0.3) is 22.0 Å². The number of hydrogen-bond donors (Lipinski definition) is 1. The number of aryl methyl sites for hydroxylation is 2. The summed E-state index contributed by atoms with van der Waals surface area (Å²) < 4.78 is 29.6. The molecule has 0 saturated carbocycles. The van der Waals surface area contributed by atoms with Crippen molar-refractivity contribution in [3.05, 3.63) is 106 Å². The number of fused-ring (bicyclic) bond motifs is 1. The number of thiazole rings is 1. The number of nitrogens with one attached hydrogen (secondary N) is 1. The van der Waals surface area contributed by atoms with Crippen LogP contribution in [0.5, 0.6) is 0 Å².